The molecule has 5 heteroatoms. The molecule has 1 atom stereocenters. The maximum atomic E-state index is 12.0. The number of aliphatic hydroxyl groups excluding tert-OH is 1. The highest BCUT2D eigenvalue weighted by molar-refractivity contribution is 5.93. The number of aromatic amines is 1. The van der Waals surface area contributed by atoms with Crippen molar-refractivity contribution in [2.45, 2.75) is 38.5 Å². The largest absolute Gasteiger partial charge is 0.396 e. The molecule has 1 unspecified atom stereocenters. The molecule has 0 radical (unpaired) electrons. The minimum Gasteiger partial charge on any atom is -0.396 e. The Balaban J connectivity index is 1.80. The van der Waals surface area contributed by atoms with Gasteiger partial charge in [-0.15, -0.1) is 0 Å². The highest BCUT2D eigenvalue weighted by atomic mass is 16.3. The van der Waals surface area contributed by atoms with Gasteiger partial charge >= 0.3 is 0 Å². The van der Waals surface area contributed by atoms with Gasteiger partial charge in [-0.2, -0.15) is 0 Å². The van der Waals surface area contributed by atoms with Crippen LogP contribution in [0, 0.1) is 11.8 Å². The lowest BCUT2D eigenvalue weighted by molar-refractivity contribution is 0.0932. The molecule has 21 heavy (non-hydrogen) atoms. The first-order chi connectivity index (χ1) is 10.2. The standard InChI is InChI=1S/C16H24N2O3/c19-11-13(8-12-4-2-1-3-5-12)9-18-16(21)14-6-7-15(20)17-10-14/h6-7,10,12-13,19H,1-5,8-9,11H2,(H,17,20)(H,18,21). The molecule has 0 saturated heterocycles. The van der Waals surface area contributed by atoms with Gasteiger partial charge in [0.05, 0.1) is 5.56 Å². The van der Waals surface area contributed by atoms with Crippen molar-refractivity contribution in [1.82, 2.24) is 10.3 Å². The van der Waals surface area contributed by atoms with Crippen molar-refractivity contribution in [2.24, 2.45) is 11.8 Å². The van der Waals surface area contributed by atoms with E-state index in [1.165, 1.54) is 50.4 Å². The normalized spacial score (nSPS) is 17.4. The molecule has 0 aromatic carbocycles. The Morgan fingerprint density at radius 2 is 2.10 bits per heavy atom. The molecule has 1 amide bonds. The molecule has 0 bridgehead atoms. The Bertz CT molecular complexity index is 486. The Morgan fingerprint density at radius 1 is 1.33 bits per heavy atom. The van der Waals surface area contributed by atoms with Gasteiger partial charge in [0.25, 0.3) is 5.91 Å². The third-order valence-corrected chi connectivity index (χ3v) is 4.25. The molecule has 3 N–H and O–H groups in total. The second kappa shape index (κ2) is 7.98. The van der Waals surface area contributed by atoms with E-state index in [4.69, 9.17) is 0 Å². The third kappa shape index (κ3) is 5.01. The molecule has 1 aliphatic rings. The lowest BCUT2D eigenvalue weighted by Gasteiger charge is -2.25. The maximum absolute atomic E-state index is 12.0. The average Bonchev–Trinajstić information content (AvgIpc) is 2.52. The van der Waals surface area contributed by atoms with Crippen molar-refractivity contribution in [3.63, 3.8) is 0 Å². The van der Waals surface area contributed by atoms with Crippen molar-refractivity contribution in [3.05, 3.63) is 34.2 Å². The van der Waals surface area contributed by atoms with E-state index in [9.17, 15) is 14.7 Å². The van der Waals surface area contributed by atoms with E-state index in [0.717, 1.165) is 6.42 Å². The summed E-state index contributed by atoms with van der Waals surface area (Å²) in [6.45, 7) is 0.577. The minimum absolute atomic E-state index is 0.0996. The Kier molecular flexibility index (Phi) is 5.99. The molecule has 2 rings (SSSR count). The SMILES string of the molecule is O=C(NCC(CO)CC1CCCCC1)c1ccc(=O)[nH]c1. The topological polar surface area (TPSA) is 82.2 Å². The number of H-pyrrole nitrogens is 1. The van der Waals surface area contributed by atoms with Gasteiger partial charge in [0, 0.05) is 25.4 Å². The fourth-order valence-corrected chi connectivity index (χ4v) is 3.01. The van der Waals surface area contributed by atoms with E-state index in [0.29, 0.717) is 18.0 Å². The van der Waals surface area contributed by atoms with Crippen molar-refractivity contribution >= 4 is 5.91 Å². The Labute approximate surface area is 124 Å². The van der Waals surface area contributed by atoms with E-state index < -0.39 is 0 Å². The van der Waals surface area contributed by atoms with Crippen LogP contribution in [0.5, 0.6) is 0 Å². The maximum Gasteiger partial charge on any atom is 0.252 e. The number of carbonyl (C=O) groups is 1. The smallest absolute Gasteiger partial charge is 0.252 e. The molecule has 0 aliphatic heterocycles. The zero-order valence-electron chi connectivity index (χ0n) is 12.3. The van der Waals surface area contributed by atoms with Gasteiger partial charge in [-0.3, -0.25) is 9.59 Å². The highest BCUT2D eigenvalue weighted by Crippen LogP contribution is 2.28. The molecular weight excluding hydrogens is 268 g/mol. The zero-order chi connectivity index (χ0) is 15.1. The number of aromatic nitrogens is 1. The number of rotatable bonds is 6. The summed E-state index contributed by atoms with van der Waals surface area (Å²) in [5.41, 5.74) is 0.209. The quantitative estimate of drug-likeness (QED) is 0.746. The van der Waals surface area contributed by atoms with Crippen LogP contribution in [0.15, 0.2) is 23.1 Å². The lowest BCUT2D eigenvalue weighted by Crippen LogP contribution is -2.32. The fourth-order valence-electron chi connectivity index (χ4n) is 3.01. The molecule has 1 aromatic rings. The second-order valence-corrected chi connectivity index (χ2v) is 5.94. The van der Waals surface area contributed by atoms with Gasteiger partial charge in [0.15, 0.2) is 0 Å². The van der Waals surface area contributed by atoms with Gasteiger partial charge in [-0.25, -0.2) is 0 Å². The molecule has 1 aromatic heterocycles. The summed E-state index contributed by atoms with van der Waals surface area (Å²) in [6.07, 6.45) is 8.76. The summed E-state index contributed by atoms with van der Waals surface area (Å²) in [4.78, 5) is 25.4. The summed E-state index contributed by atoms with van der Waals surface area (Å²) >= 11 is 0. The summed E-state index contributed by atoms with van der Waals surface area (Å²) in [5, 5.41) is 12.3. The number of nitrogens with one attached hydrogen (secondary N) is 2. The molecule has 1 fully saturated rings. The summed E-state index contributed by atoms with van der Waals surface area (Å²) in [5.74, 6) is 0.578. The van der Waals surface area contributed by atoms with Crippen LogP contribution in [0.25, 0.3) is 0 Å². The van der Waals surface area contributed by atoms with Crippen molar-refractivity contribution in [3.8, 4) is 0 Å². The van der Waals surface area contributed by atoms with Crippen LogP contribution >= 0.6 is 0 Å². The zero-order valence-corrected chi connectivity index (χ0v) is 12.3. The van der Waals surface area contributed by atoms with Gasteiger partial charge in [0.2, 0.25) is 5.56 Å². The molecule has 116 valence electrons. The predicted octanol–water partition coefficient (Wildman–Crippen LogP) is 1.68. The fraction of sp³-hybridized carbons (Fsp3) is 0.625. The number of pyridine rings is 1. The number of carbonyl (C=O) groups excluding carboxylic acids is 1. The number of amides is 1. The van der Waals surface area contributed by atoms with Crippen LogP contribution in [-0.2, 0) is 0 Å². The van der Waals surface area contributed by atoms with Gasteiger partial charge < -0.3 is 15.4 Å². The van der Waals surface area contributed by atoms with Gasteiger partial charge in [-0.05, 0) is 24.3 Å². The summed E-state index contributed by atoms with van der Waals surface area (Å²) < 4.78 is 0. The lowest BCUT2D eigenvalue weighted by atomic mass is 9.83. The van der Waals surface area contributed by atoms with Gasteiger partial charge in [0.1, 0.15) is 0 Å². The van der Waals surface area contributed by atoms with Crippen LogP contribution in [0.3, 0.4) is 0 Å². The molecule has 5 nitrogen and oxygen atoms in total. The van der Waals surface area contributed by atoms with Crippen molar-refractivity contribution in [2.75, 3.05) is 13.2 Å². The highest BCUT2D eigenvalue weighted by Gasteiger charge is 2.19. The Morgan fingerprint density at radius 3 is 2.71 bits per heavy atom. The van der Waals surface area contributed by atoms with E-state index in [-0.39, 0.29) is 24.0 Å². The minimum atomic E-state index is -0.225. The van der Waals surface area contributed by atoms with Crippen molar-refractivity contribution in [1.29, 1.82) is 0 Å². The van der Waals surface area contributed by atoms with Crippen LogP contribution in [0.4, 0.5) is 0 Å². The molecule has 0 spiro atoms. The summed E-state index contributed by atoms with van der Waals surface area (Å²) in [7, 11) is 0. The van der Waals surface area contributed by atoms with E-state index in [2.05, 4.69) is 10.3 Å². The van der Waals surface area contributed by atoms with E-state index >= 15 is 0 Å². The molecular formula is C16H24N2O3. The monoisotopic (exact) mass is 292 g/mol. The van der Waals surface area contributed by atoms with Crippen LogP contribution in [0.2, 0.25) is 0 Å². The van der Waals surface area contributed by atoms with Crippen LogP contribution in [0.1, 0.15) is 48.9 Å². The third-order valence-electron chi connectivity index (χ3n) is 4.25. The first-order valence-electron chi connectivity index (χ1n) is 7.77. The summed E-state index contributed by atoms with van der Waals surface area (Å²) in [6, 6.07) is 2.84. The van der Waals surface area contributed by atoms with E-state index in [1.807, 2.05) is 0 Å². The number of hydrogen-bond acceptors (Lipinski definition) is 3. The molecule has 1 heterocycles. The van der Waals surface area contributed by atoms with Crippen LogP contribution in [-0.4, -0.2) is 29.1 Å². The average molecular weight is 292 g/mol. The first kappa shape index (κ1) is 15.8. The Hall–Kier alpha value is -1.62. The predicted molar refractivity (Wildman–Crippen MR) is 81.2 cm³/mol. The number of hydrogen-bond donors (Lipinski definition) is 3. The van der Waals surface area contributed by atoms with Crippen molar-refractivity contribution < 1.29 is 9.90 Å². The first-order valence-corrected chi connectivity index (χ1v) is 7.77. The van der Waals surface area contributed by atoms with Gasteiger partial charge in [-0.1, -0.05) is 32.1 Å². The molecule has 1 saturated carbocycles. The number of aliphatic hydroxyl groups is 1. The molecule has 1 aliphatic carbocycles. The van der Waals surface area contributed by atoms with Crippen LogP contribution < -0.4 is 10.9 Å². The second-order valence-electron chi connectivity index (χ2n) is 5.94. The van der Waals surface area contributed by atoms with E-state index in [1.54, 1.807) is 0 Å².